The maximum Gasteiger partial charge on any atom is 0.179 e. The molecule has 1 aromatic rings. The highest BCUT2D eigenvalue weighted by atomic mass is 35.5. The van der Waals surface area contributed by atoms with Crippen LogP contribution in [0.4, 0.5) is 0 Å². The summed E-state index contributed by atoms with van der Waals surface area (Å²) in [5, 5.41) is 0. The van der Waals surface area contributed by atoms with Gasteiger partial charge in [-0.05, 0) is 18.6 Å². The Morgan fingerprint density at radius 1 is 1.67 bits per heavy atom. The highest BCUT2D eigenvalue weighted by molar-refractivity contribution is 6.30. The molecule has 0 saturated carbocycles. The van der Waals surface area contributed by atoms with Gasteiger partial charge in [-0.25, -0.2) is 0 Å². The lowest BCUT2D eigenvalue weighted by Crippen LogP contribution is -2.02. The third-order valence-electron chi connectivity index (χ3n) is 1.46. The summed E-state index contributed by atoms with van der Waals surface area (Å²) >= 11 is 5.38. The Bertz CT molecular complexity index is 276. The van der Waals surface area contributed by atoms with Crippen LogP contribution in [-0.2, 0) is 0 Å². The van der Waals surface area contributed by atoms with E-state index >= 15 is 0 Å². The number of aromatic nitrogens is 1. The number of pyridine rings is 1. The molecular formula is C8H9Cl2NO. The smallest absolute Gasteiger partial charge is 0.179 e. The molecule has 0 amide bonds. The number of rotatable bonds is 2. The monoisotopic (exact) mass is 205 g/mol. The third kappa shape index (κ3) is 2.47. The molecule has 0 aromatic carbocycles. The first-order chi connectivity index (χ1) is 5.25. The van der Waals surface area contributed by atoms with Crippen molar-refractivity contribution in [1.29, 1.82) is 0 Å². The fourth-order valence-electron chi connectivity index (χ4n) is 0.828. The number of hydrogen-bond acceptors (Lipinski definition) is 2. The number of halogens is 2. The minimum atomic E-state index is -0.0720. The van der Waals surface area contributed by atoms with Crippen molar-refractivity contribution in [2.24, 2.45) is 0 Å². The summed E-state index contributed by atoms with van der Waals surface area (Å²) in [7, 11) is 0. The van der Waals surface area contributed by atoms with E-state index in [0.717, 1.165) is 5.56 Å². The van der Waals surface area contributed by atoms with Crippen LogP contribution in [0.15, 0.2) is 18.5 Å². The van der Waals surface area contributed by atoms with Gasteiger partial charge in [0.2, 0.25) is 0 Å². The lowest BCUT2D eigenvalue weighted by atomic mass is 10.1. The summed E-state index contributed by atoms with van der Waals surface area (Å²) in [6.45, 7) is 1.86. The van der Waals surface area contributed by atoms with Gasteiger partial charge in [0, 0.05) is 18.0 Å². The summed E-state index contributed by atoms with van der Waals surface area (Å²) in [6, 6.07) is 1.79. The molecule has 0 aliphatic carbocycles. The Hall–Kier alpha value is -0.600. The normalized spacial score (nSPS) is 8.83. The fraction of sp³-hybridized carbons (Fsp3) is 0.250. The topological polar surface area (TPSA) is 30.0 Å². The lowest BCUT2D eigenvalue weighted by molar-refractivity contribution is 0.102. The van der Waals surface area contributed by atoms with Gasteiger partial charge >= 0.3 is 0 Å². The molecular weight excluding hydrogens is 197 g/mol. The van der Waals surface area contributed by atoms with E-state index in [1.54, 1.807) is 18.5 Å². The summed E-state index contributed by atoms with van der Waals surface area (Å²) in [6.07, 6.45) is 3.19. The van der Waals surface area contributed by atoms with Crippen LogP contribution < -0.4 is 0 Å². The molecule has 0 aliphatic rings. The largest absolute Gasteiger partial charge is 0.293 e. The molecule has 0 unspecified atom stereocenters. The zero-order valence-corrected chi connectivity index (χ0v) is 8.15. The average molecular weight is 206 g/mol. The first-order valence-electron chi connectivity index (χ1n) is 3.25. The summed E-state index contributed by atoms with van der Waals surface area (Å²) in [5.74, 6) is -0.0516. The maximum atomic E-state index is 11.1. The maximum absolute atomic E-state index is 11.1. The number of alkyl halides is 1. The van der Waals surface area contributed by atoms with Gasteiger partial charge in [-0.1, -0.05) is 0 Å². The number of aryl methyl sites for hydroxylation is 1. The van der Waals surface area contributed by atoms with Gasteiger partial charge in [-0.2, -0.15) is 0 Å². The van der Waals surface area contributed by atoms with E-state index in [4.69, 9.17) is 11.6 Å². The molecule has 1 rings (SSSR count). The second-order valence-electron chi connectivity index (χ2n) is 2.25. The van der Waals surface area contributed by atoms with E-state index < -0.39 is 0 Å². The number of nitrogens with zero attached hydrogens (tertiary/aromatic N) is 1. The van der Waals surface area contributed by atoms with Crippen molar-refractivity contribution in [3.8, 4) is 0 Å². The molecule has 1 heterocycles. The Morgan fingerprint density at radius 3 is 2.83 bits per heavy atom. The van der Waals surface area contributed by atoms with E-state index in [2.05, 4.69) is 4.98 Å². The molecule has 0 saturated heterocycles. The highest BCUT2D eigenvalue weighted by Crippen LogP contribution is 2.06. The number of carbonyl (C=O) groups excluding carboxylic acids is 1. The Kier molecular flexibility index (Phi) is 4.86. The Balaban J connectivity index is 0.00000121. The molecule has 0 N–H and O–H groups in total. The van der Waals surface area contributed by atoms with Crippen molar-refractivity contribution in [3.05, 3.63) is 29.6 Å². The van der Waals surface area contributed by atoms with Crippen LogP contribution in [0.3, 0.4) is 0 Å². The van der Waals surface area contributed by atoms with E-state index in [-0.39, 0.29) is 24.1 Å². The molecule has 0 fully saturated rings. The minimum Gasteiger partial charge on any atom is -0.293 e. The molecule has 12 heavy (non-hydrogen) atoms. The number of hydrogen-bond donors (Lipinski definition) is 0. The van der Waals surface area contributed by atoms with Gasteiger partial charge < -0.3 is 0 Å². The predicted molar refractivity (Wildman–Crippen MR) is 51.3 cm³/mol. The summed E-state index contributed by atoms with van der Waals surface area (Å²) in [4.78, 5) is 14.9. The van der Waals surface area contributed by atoms with Crippen molar-refractivity contribution in [1.82, 2.24) is 4.98 Å². The van der Waals surface area contributed by atoms with Crippen LogP contribution in [-0.4, -0.2) is 16.6 Å². The first-order valence-corrected chi connectivity index (χ1v) is 3.79. The molecule has 4 heteroatoms. The number of Topliss-reactive ketones (excluding diaryl/α,β-unsaturated/α-hetero) is 1. The van der Waals surface area contributed by atoms with Crippen LogP contribution in [0.1, 0.15) is 15.9 Å². The molecule has 0 radical (unpaired) electrons. The second-order valence-corrected chi connectivity index (χ2v) is 2.51. The van der Waals surface area contributed by atoms with Gasteiger partial charge in [0.05, 0.1) is 5.88 Å². The van der Waals surface area contributed by atoms with Gasteiger partial charge in [0.15, 0.2) is 5.78 Å². The lowest BCUT2D eigenvalue weighted by Gasteiger charge is -1.98. The fourth-order valence-corrected chi connectivity index (χ4v) is 0.972. The first kappa shape index (κ1) is 11.4. The van der Waals surface area contributed by atoms with E-state index in [1.165, 1.54) is 0 Å². The molecule has 0 atom stereocenters. The van der Waals surface area contributed by atoms with Gasteiger partial charge in [-0.15, -0.1) is 24.0 Å². The number of ketones is 1. The summed E-state index contributed by atoms with van der Waals surface area (Å²) in [5.41, 5.74) is 1.54. The average Bonchev–Trinajstić information content (AvgIpc) is 2.04. The zero-order valence-electron chi connectivity index (χ0n) is 6.58. The molecule has 0 bridgehead atoms. The van der Waals surface area contributed by atoms with Crippen LogP contribution in [0.5, 0.6) is 0 Å². The Morgan fingerprint density at radius 2 is 2.33 bits per heavy atom. The van der Waals surface area contributed by atoms with Crippen LogP contribution in [0.25, 0.3) is 0 Å². The van der Waals surface area contributed by atoms with E-state index in [1.807, 2.05) is 6.92 Å². The van der Waals surface area contributed by atoms with Crippen molar-refractivity contribution in [2.45, 2.75) is 6.92 Å². The molecule has 0 spiro atoms. The second kappa shape index (κ2) is 5.12. The van der Waals surface area contributed by atoms with Gasteiger partial charge in [0.1, 0.15) is 0 Å². The van der Waals surface area contributed by atoms with E-state index in [0.29, 0.717) is 5.56 Å². The molecule has 66 valence electrons. The van der Waals surface area contributed by atoms with E-state index in [9.17, 15) is 4.79 Å². The van der Waals surface area contributed by atoms with Crippen LogP contribution in [0.2, 0.25) is 0 Å². The van der Waals surface area contributed by atoms with Crippen molar-refractivity contribution in [2.75, 3.05) is 5.88 Å². The SMILES string of the molecule is Cc1ccncc1C(=O)CCl.Cl. The van der Waals surface area contributed by atoms with Crippen molar-refractivity contribution < 1.29 is 4.79 Å². The third-order valence-corrected chi connectivity index (χ3v) is 1.70. The highest BCUT2D eigenvalue weighted by Gasteiger charge is 2.05. The molecule has 2 nitrogen and oxygen atoms in total. The van der Waals surface area contributed by atoms with Crippen LogP contribution in [0, 0.1) is 6.92 Å². The van der Waals surface area contributed by atoms with Crippen LogP contribution >= 0.6 is 24.0 Å². The predicted octanol–water partition coefficient (Wildman–Crippen LogP) is 2.23. The zero-order chi connectivity index (χ0) is 8.27. The number of carbonyl (C=O) groups is 1. The molecule has 1 aromatic heterocycles. The standard InChI is InChI=1S/C8H8ClNO.ClH/c1-6-2-3-10-5-7(6)8(11)4-9;/h2-3,5H,4H2,1H3;1H. The van der Waals surface area contributed by atoms with Crippen molar-refractivity contribution >= 4 is 29.8 Å². The van der Waals surface area contributed by atoms with Gasteiger partial charge in [0.25, 0.3) is 0 Å². The van der Waals surface area contributed by atoms with Gasteiger partial charge in [-0.3, -0.25) is 9.78 Å². The van der Waals surface area contributed by atoms with Crippen molar-refractivity contribution in [3.63, 3.8) is 0 Å². The Labute approximate surface area is 82.4 Å². The summed E-state index contributed by atoms with van der Waals surface area (Å²) < 4.78 is 0. The quantitative estimate of drug-likeness (QED) is 0.548. The minimum absolute atomic E-state index is 0. The molecule has 0 aliphatic heterocycles.